The van der Waals surface area contributed by atoms with Crippen LogP contribution in [0.1, 0.15) is 125 Å². The maximum Gasteiger partial charge on any atom is 0.260 e. The lowest BCUT2D eigenvalue weighted by atomic mass is 9.92. The molecule has 0 radical (unpaired) electrons. The highest BCUT2D eigenvalue weighted by atomic mass is 16.5. The molecule has 0 aliphatic carbocycles. The first-order chi connectivity index (χ1) is 41.5. The summed E-state index contributed by atoms with van der Waals surface area (Å²) >= 11 is 0. The zero-order chi connectivity index (χ0) is 60.8. The standard InChI is InChI=1S/C66H77N9O11.CH4/c1-40(2)62(70-60(77)12-9-8-10-21-73-61(78)29-42(4)64(73)80)55(76)28-41(3)63(79)69-47-17-13-43(14-18-47)45-30-49-36-67-53-34-58(56(83-6)32-51(53)65(81)74(49)38-45)85-26-11-27-86-59-35-54-52(33-57(59)84-7)66(82)75-39-46(31-50(75)37-68-54)44-15-19-48(20-16-44)72-24-22-71(5)23-25-72;/h13-20,32-42,49-50,62H,8-12,21-31H2,1-7H3,(H,69,79)(H,70,77);1H4/t41-,42?,49+,50+,62?;/m1./s1. The molecule has 4 aromatic carbocycles. The normalized spacial score (nSPS) is 19.5. The number of carbonyl (C=O) groups excluding carboxylic acids is 7. The Kier molecular flexibility index (Phi) is 20.1. The SMILES string of the molecule is C.COc1cc2c(cc1OCCCOc1cc3c(cc1OC)C(=O)N1C=C(c4ccc(N5CCN(C)CC5)cc4)C[C@H]1C=N3)N=C[C@@H]1CC(c3ccc(NC(=O)[C@H](C)CC(=O)C(NC(=O)CCCCCN4C(=O)CC(C)C4=O)C(C)C)cc3)=CN1C2=O. The number of anilines is 2. The predicted octanol–water partition coefficient (Wildman–Crippen LogP) is 9.51. The summed E-state index contributed by atoms with van der Waals surface area (Å²) in [6, 6.07) is 21.4. The van der Waals surface area contributed by atoms with Crippen LogP contribution in [0.2, 0.25) is 0 Å². The van der Waals surface area contributed by atoms with Crippen LogP contribution in [0.25, 0.3) is 11.1 Å². The number of hydrogen-bond donors (Lipinski definition) is 2. The van der Waals surface area contributed by atoms with E-state index in [1.807, 2.05) is 44.6 Å². The molecule has 2 fully saturated rings. The smallest absolute Gasteiger partial charge is 0.260 e. The molecule has 5 atom stereocenters. The Bertz CT molecular complexity index is 3380. The monoisotopic (exact) mass is 1190 g/mol. The van der Waals surface area contributed by atoms with E-state index in [4.69, 9.17) is 28.9 Å². The second kappa shape index (κ2) is 27.8. The van der Waals surface area contributed by atoms with Crippen LogP contribution >= 0.6 is 0 Å². The molecule has 6 heterocycles. The fourth-order valence-electron chi connectivity index (χ4n) is 11.8. The number of Topliss-reactive ketones (excluding diaryl/α,β-unsaturated/α-hetero) is 1. The summed E-state index contributed by atoms with van der Waals surface area (Å²) in [5.74, 6) is -1.02. The van der Waals surface area contributed by atoms with Gasteiger partial charge in [0.2, 0.25) is 23.6 Å². The van der Waals surface area contributed by atoms with Gasteiger partial charge in [0.15, 0.2) is 28.8 Å². The van der Waals surface area contributed by atoms with Crippen molar-refractivity contribution in [2.45, 2.75) is 111 Å². The maximum absolute atomic E-state index is 14.2. The van der Waals surface area contributed by atoms with Crippen molar-refractivity contribution in [3.05, 3.63) is 107 Å². The summed E-state index contributed by atoms with van der Waals surface area (Å²) in [6.45, 7) is 12.1. The number of imide groups is 1. The lowest BCUT2D eigenvalue weighted by Gasteiger charge is -2.34. The van der Waals surface area contributed by atoms with Gasteiger partial charge >= 0.3 is 0 Å². The minimum Gasteiger partial charge on any atom is -0.493 e. The van der Waals surface area contributed by atoms with Gasteiger partial charge in [-0.15, -0.1) is 0 Å². The van der Waals surface area contributed by atoms with E-state index in [0.29, 0.717) is 96.3 Å². The van der Waals surface area contributed by atoms with Crippen molar-refractivity contribution in [3.63, 3.8) is 0 Å². The van der Waals surface area contributed by atoms with Crippen LogP contribution in [-0.2, 0) is 24.0 Å². The average molecular weight is 1190 g/mol. The molecule has 0 aromatic heterocycles. The molecule has 6 aliphatic heterocycles. The van der Waals surface area contributed by atoms with Crippen molar-refractivity contribution in [3.8, 4) is 23.0 Å². The third-order valence-electron chi connectivity index (χ3n) is 16.9. The van der Waals surface area contributed by atoms with Crippen LogP contribution in [0.4, 0.5) is 22.7 Å². The van der Waals surface area contributed by atoms with Gasteiger partial charge < -0.3 is 49.2 Å². The van der Waals surface area contributed by atoms with Crippen LogP contribution in [0, 0.1) is 17.8 Å². The molecule has 6 amide bonds. The van der Waals surface area contributed by atoms with E-state index >= 15 is 0 Å². The Labute approximate surface area is 509 Å². The number of ketones is 1. The first kappa shape index (κ1) is 62.9. The second-order valence-electron chi connectivity index (χ2n) is 23.5. The van der Waals surface area contributed by atoms with Gasteiger partial charge in [0.05, 0.1) is 68.1 Å². The first-order valence-electron chi connectivity index (χ1n) is 29.9. The quantitative estimate of drug-likeness (QED) is 0.0494. The van der Waals surface area contributed by atoms with Gasteiger partial charge in [-0.3, -0.25) is 48.4 Å². The van der Waals surface area contributed by atoms with Crippen molar-refractivity contribution < 1.29 is 52.5 Å². The van der Waals surface area contributed by atoms with Gasteiger partial charge in [0, 0.05) is 131 Å². The fourth-order valence-corrected chi connectivity index (χ4v) is 11.8. The zero-order valence-electron chi connectivity index (χ0n) is 50.1. The van der Waals surface area contributed by atoms with Crippen LogP contribution in [0.3, 0.4) is 0 Å². The molecule has 20 nitrogen and oxygen atoms in total. The van der Waals surface area contributed by atoms with Gasteiger partial charge in [0.1, 0.15) is 0 Å². The number of unbranched alkanes of at least 4 members (excludes halogenated alkanes) is 2. The van der Waals surface area contributed by atoms with Crippen molar-refractivity contribution in [2.24, 2.45) is 27.7 Å². The third kappa shape index (κ3) is 14.3. The van der Waals surface area contributed by atoms with Gasteiger partial charge in [-0.1, -0.05) is 65.8 Å². The molecule has 10 rings (SSSR count). The molecule has 4 aromatic rings. The van der Waals surface area contributed by atoms with Crippen LogP contribution in [-0.4, -0.2) is 159 Å². The number of nitrogens with zero attached hydrogens (tertiary/aromatic N) is 7. The van der Waals surface area contributed by atoms with E-state index in [9.17, 15) is 33.6 Å². The number of ether oxygens (including phenoxy) is 4. The van der Waals surface area contributed by atoms with E-state index in [2.05, 4.69) is 51.7 Å². The summed E-state index contributed by atoms with van der Waals surface area (Å²) in [7, 11) is 5.21. The average Bonchev–Trinajstić information content (AvgIpc) is 1.93. The number of fused-ring (bicyclic) bond motifs is 4. The number of carbonyl (C=O) groups is 7. The molecule has 2 unspecified atom stereocenters. The predicted molar refractivity (Wildman–Crippen MR) is 335 cm³/mol. The fraction of sp³-hybridized carbons (Fsp3) is 0.448. The minimum absolute atomic E-state index is 0. The number of hydrogen-bond acceptors (Lipinski definition) is 15. The van der Waals surface area contributed by atoms with Crippen LogP contribution in [0.15, 0.2) is 95.2 Å². The minimum atomic E-state index is -0.754. The summed E-state index contributed by atoms with van der Waals surface area (Å²) in [4.78, 5) is 111. The van der Waals surface area contributed by atoms with E-state index < -0.39 is 12.0 Å². The number of rotatable bonds is 24. The Morgan fingerprint density at radius 1 is 0.667 bits per heavy atom. The number of piperazine rings is 1. The van der Waals surface area contributed by atoms with Gasteiger partial charge in [-0.25, -0.2) is 0 Å². The van der Waals surface area contributed by atoms with Crippen molar-refractivity contribution >= 4 is 87.6 Å². The number of likely N-dealkylation sites (tertiary alicyclic amines) is 1. The largest absolute Gasteiger partial charge is 0.493 e. The molecule has 460 valence electrons. The first-order valence-corrected chi connectivity index (χ1v) is 29.9. The molecular weight excluding hydrogens is 1110 g/mol. The number of benzene rings is 4. The summed E-state index contributed by atoms with van der Waals surface area (Å²) < 4.78 is 23.8. The number of likely N-dealkylation sites (N-methyl/N-ethyl adjacent to an activating group) is 1. The van der Waals surface area contributed by atoms with E-state index in [1.54, 1.807) is 73.4 Å². The number of aliphatic imine (C=N–C) groups is 2. The summed E-state index contributed by atoms with van der Waals surface area (Å²) in [6.07, 6.45) is 11.2. The van der Waals surface area contributed by atoms with Crippen LogP contribution in [0.5, 0.6) is 23.0 Å². The Hall–Kier alpha value is -8.65. The number of amides is 6. The highest BCUT2D eigenvalue weighted by Gasteiger charge is 2.37. The Morgan fingerprint density at radius 2 is 1.21 bits per heavy atom. The molecule has 20 heteroatoms. The molecule has 2 saturated heterocycles. The number of nitrogens with one attached hydrogen (secondary N) is 2. The third-order valence-corrected chi connectivity index (χ3v) is 16.9. The Morgan fingerprint density at radius 3 is 1.71 bits per heavy atom. The van der Waals surface area contributed by atoms with Crippen molar-refractivity contribution in [1.29, 1.82) is 0 Å². The zero-order valence-corrected chi connectivity index (χ0v) is 50.1. The highest BCUT2D eigenvalue weighted by molar-refractivity contribution is 6.07. The molecule has 0 saturated carbocycles. The van der Waals surface area contributed by atoms with Crippen molar-refractivity contribution in [2.75, 3.05) is 77.4 Å². The van der Waals surface area contributed by atoms with E-state index in [1.165, 1.54) is 17.7 Å². The topological polar surface area (TPSA) is 221 Å². The van der Waals surface area contributed by atoms with Gasteiger partial charge in [-0.2, -0.15) is 0 Å². The Balaban J connectivity index is 0.00000902. The molecule has 0 bridgehead atoms. The maximum atomic E-state index is 14.2. The second-order valence-corrected chi connectivity index (χ2v) is 23.5. The van der Waals surface area contributed by atoms with Crippen molar-refractivity contribution in [1.82, 2.24) is 24.9 Å². The van der Waals surface area contributed by atoms with E-state index in [-0.39, 0.29) is 105 Å². The van der Waals surface area contributed by atoms with Crippen LogP contribution < -0.4 is 34.5 Å². The molecule has 87 heavy (non-hydrogen) atoms. The molecular formula is C67H81N9O11. The summed E-state index contributed by atoms with van der Waals surface area (Å²) in [5.41, 5.74) is 7.43. The van der Waals surface area contributed by atoms with Gasteiger partial charge in [0.25, 0.3) is 11.8 Å². The van der Waals surface area contributed by atoms with E-state index in [0.717, 1.165) is 48.5 Å². The highest BCUT2D eigenvalue weighted by Crippen LogP contribution is 2.42. The number of methoxy groups -OCH3 is 2. The summed E-state index contributed by atoms with van der Waals surface area (Å²) in [5, 5.41) is 5.77. The van der Waals surface area contributed by atoms with Gasteiger partial charge in [-0.05, 0) is 84.5 Å². The molecule has 2 N–H and O–H groups in total. The lowest BCUT2D eigenvalue weighted by Crippen LogP contribution is -2.45. The lowest BCUT2D eigenvalue weighted by molar-refractivity contribution is -0.139. The molecule has 6 aliphatic rings. The molecule has 0 spiro atoms.